The predicted octanol–water partition coefficient (Wildman–Crippen LogP) is 5.68. The minimum Gasteiger partial charge on any atom is -0.493 e. The number of benzene rings is 2. The number of hydrogen-bond donors (Lipinski definition) is 0. The summed E-state index contributed by atoms with van der Waals surface area (Å²) < 4.78 is 31.6. The van der Waals surface area contributed by atoms with Crippen LogP contribution in [0.3, 0.4) is 0 Å². The number of carbonyl (C=O) groups is 1. The fourth-order valence-electron chi connectivity index (χ4n) is 4.36. The lowest BCUT2D eigenvalue weighted by molar-refractivity contribution is 0.0152. The Morgan fingerprint density at radius 3 is 2.62 bits per heavy atom. The number of para-hydroxylation sites is 1. The van der Waals surface area contributed by atoms with Gasteiger partial charge in [0, 0.05) is 17.7 Å². The first-order valence-electron chi connectivity index (χ1n) is 9.87. The number of thiocarbonyl (C=S) groups is 1. The van der Waals surface area contributed by atoms with Crippen molar-refractivity contribution in [3.05, 3.63) is 76.4 Å². The van der Waals surface area contributed by atoms with Gasteiger partial charge in [0.1, 0.15) is 5.82 Å². The van der Waals surface area contributed by atoms with E-state index >= 15 is 0 Å². The van der Waals surface area contributed by atoms with Crippen molar-refractivity contribution in [1.82, 2.24) is 4.90 Å². The molecule has 3 heterocycles. The molecule has 1 amide bonds. The number of ether oxygens (including phenoxy) is 2. The normalized spacial score (nSPS) is 21.8. The number of amides is 1. The quantitative estimate of drug-likeness (QED) is 0.417. The molecule has 3 aromatic rings. The van der Waals surface area contributed by atoms with Gasteiger partial charge in [-0.05, 0) is 77.5 Å². The van der Waals surface area contributed by atoms with Crippen molar-refractivity contribution in [2.24, 2.45) is 0 Å². The molecule has 2 aliphatic heterocycles. The average molecular weight is 517 g/mol. The molecule has 2 aliphatic rings. The van der Waals surface area contributed by atoms with E-state index in [0.717, 1.165) is 5.56 Å². The van der Waals surface area contributed by atoms with E-state index in [1.54, 1.807) is 42.3 Å². The van der Waals surface area contributed by atoms with E-state index in [2.05, 4.69) is 15.9 Å². The topological polar surface area (TPSA) is 55.2 Å². The summed E-state index contributed by atoms with van der Waals surface area (Å²) in [6.07, 6.45) is 0.429. The van der Waals surface area contributed by atoms with Crippen LogP contribution in [-0.2, 0) is 0 Å². The summed E-state index contributed by atoms with van der Waals surface area (Å²) in [7, 11) is 1.57. The van der Waals surface area contributed by atoms with Crippen molar-refractivity contribution in [2.45, 2.75) is 25.1 Å². The second kappa shape index (κ2) is 7.60. The Balaban J connectivity index is 1.70. The highest BCUT2D eigenvalue weighted by Crippen LogP contribution is 2.52. The fraction of sp³-hybridized carbons (Fsp3) is 0.217. The number of furan rings is 1. The molecule has 6 nitrogen and oxygen atoms in total. The maximum Gasteiger partial charge on any atom is 0.296 e. The van der Waals surface area contributed by atoms with Crippen molar-refractivity contribution in [3.63, 3.8) is 0 Å². The van der Waals surface area contributed by atoms with Crippen LogP contribution in [0.2, 0.25) is 0 Å². The summed E-state index contributed by atoms with van der Waals surface area (Å²) in [5, 5.41) is 0.237. The van der Waals surface area contributed by atoms with Gasteiger partial charge in [-0.1, -0.05) is 12.1 Å². The summed E-state index contributed by atoms with van der Waals surface area (Å²) >= 11 is 9.08. The molecule has 1 saturated heterocycles. The third kappa shape index (κ3) is 3.18. The van der Waals surface area contributed by atoms with Gasteiger partial charge in [-0.15, -0.1) is 0 Å². The lowest BCUT2D eigenvalue weighted by Crippen LogP contribution is -2.67. The predicted molar refractivity (Wildman–Crippen MR) is 123 cm³/mol. The Labute approximate surface area is 197 Å². The van der Waals surface area contributed by atoms with Gasteiger partial charge in [-0.3, -0.25) is 14.6 Å². The van der Waals surface area contributed by atoms with Gasteiger partial charge in [0.15, 0.2) is 32.8 Å². The van der Waals surface area contributed by atoms with Crippen molar-refractivity contribution in [1.29, 1.82) is 0 Å². The zero-order chi connectivity index (χ0) is 22.6. The Hall–Kier alpha value is -2.91. The first-order chi connectivity index (χ1) is 15.3. The minimum atomic E-state index is -0.929. The molecule has 0 radical (unpaired) electrons. The largest absolute Gasteiger partial charge is 0.493 e. The first kappa shape index (κ1) is 21.0. The van der Waals surface area contributed by atoms with E-state index in [9.17, 15) is 9.18 Å². The summed E-state index contributed by atoms with van der Waals surface area (Å²) in [5.74, 6) is 0.498. The molecule has 0 aliphatic carbocycles. The van der Waals surface area contributed by atoms with Crippen LogP contribution in [0.1, 0.15) is 35.5 Å². The van der Waals surface area contributed by atoms with Crippen molar-refractivity contribution in [3.8, 4) is 11.5 Å². The molecule has 32 heavy (non-hydrogen) atoms. The third-order valence-electron chi connectivity index (χ3n) is 5.75. The molecule has 2 bridgehead atoms. The highest BCUT2D eigenvalue weighted by molar-refractivity contribution is 9.10. The number of halogens is 2. The average Bonchev–Trinajstić information content (AvgIpc) is 3.20. The van der Waals surface area contributed by atoms with Gasteiger partial charge in [-0.2, -0.15) is 0 Å². The second-order valence-corrected chi connectivity index (χ2v) is 8.90. The smallest absolute Gasteiger partial charge is 0.296 e. The van der Waals surface area contributed by atoms with Crippen molar-refractivity contribution >= 4 is 44.9 Å². The number of rotatable bonds is 3. The van der Waals surface area contributed by atoms with Crippen LogP contribution in [-0.4, -0.2) is 28.8 Å². The maximum absolute atomic E-state index is 13.6. The van der Waals surface area contributed by atoms with Crippen LogP contribution in [0.5, 0.6) is 11.5 Å². The molecule has 0 spiro atoms. The Kier molecular flexibility index (Phi) is 4.98. The van der Waals surface area contributed by atoms with Crippen molar-refractivity contribution < 1.29 is 23.1 Å². The Morgan fingerprint density at radius 2 is 1.97 bits per heavy atom. The van der Waals surface area contributed by atoms with Gasteiger partial charge in [0.25, 0.3) is 5.91 Å². The molecular weight excluding hydrogens is 499 g/mol. The lowest BCUT2D eigenvalue weighted by Gasteiger charge is -2.55. The highest BCUT2D eigenvalue weighted by Gasteiger charge is 2.54. The fourth-order valence-corrected chi connectivity index (χ4v) is 5.17. The van der Waals surface area contributed by atoms with Crippen LogP contribution in [0, 0.1) is 5.82 Å². The lowest BCUT2D eigenvalue weighted by atomic mass is 9.88. The third-order valence-corrected chi connectivity index (χ3v) is 6.56. The first-order valence-corrected chi connectivity index (χ1v) is 11.1. The maximum atomic E-state index is 13.6. The molecule has 2 atom stereocenters. The molecule has 0 saturated carbocycles. The number of methoxy groups -OCH3 is 1. The Bertz CT molecular complexity index is 1230. The zero-order valence-corrected chi connectivity index (χ0v) is 19.6. The van der Waals surface area contributed by atoms with E-state index in [0.29, 0.717) is 28.3 Å². The van der Waals surface area contributed by atoms with Crippen LogP contribution in [0.25, 0.3) is 0 Å². The molecular formula is C23H18BrFN2O4S. The van der Waals surface area contributed by atoms with Gasteiger partial charge in [-0.25, -0.2) is 4.39 Å². The van der Waals surface area contributed by atoms with E-state index in [-0.39, 0.29) is 22.6 Å². The zero-order valence-electron chi connectivity index (χ0n) is 17.2. The van der Waals surface area contributed by atoms with Crippen LogP contribution >= 0.6 is 28.1 Å². The van der Waals surface area contributed by atoms with Gasteiger partial charge in [0.2, 0.25) is 0 Å². The van der Waals surface area contributed by atoms with Crippen LogP contribution in [0.4, 0.5) is 10.1 Å². The minimum absolute atomic E-state index is 0.151. The summed E-state index contributed by atoms with van der Waals surface area (Å²) in [4.78, 5) is 16.9. The molecule has 164 valence electrons. The van der Waals surface area contributed by atoms with E-state index in [4.69, 9.17) is 26.1 Å². The van der Waals surface area contributed by atoms with Crippen molar-refractivity contribution in [2.75, 3.05) is 12.0 Å². The second-order valence-electron chi connectivity index (χ2n) is 7.75. The molecule has 1 fully saturated rings. The number of fused-ring (bicyclic) bond motifs is 4. The molecule has 0 N–H and O–H groups in total. The van der Waals surface area contributed by atoms with Crippen LogP contribution < -0.4 is 14.4 Å². The van der Waals surface area contributed by atoms with E-state index < -0.39 is 11.8 Å². The van der Waals surface area contributed by atoms with Gasteiger partial charge >= 0.3 is 0 Å². The van der Waals surface area contributed by atoms with Gasteiger partial charge < -0.3 is 13.9 Å². The number of hydrogen-bond acceptors (Lipinski definition) is 5. The standard InChI is InChI=1S/C23H18BrFN2O4S/c1-23-12-16(15-4-3-5-17(29-2)20(15)31-23)26(21(28)18-10-11-19(24)30-18)22(32)27(23)14-8-6-13(25)7-9-14/h3-11,16H,12H2,1-2H3/t16-,23-/m1/s1. The highest BCUT2D eigenvalue weighted by atomic mass is 79.9. The SMILES string of the molecule is COc1cccc2c1O[C@]1(C)C[C@H]2N(C(=O)c2ccc(Br)o2)C(=S)N1c1ccc(F)cc1. The molecule has 2 aromatic carbocycles. The monoisotopic (exact) mass is 516 g/mol. The van der Waals surface area contributed by atoms with Crippen LogP contribution in [0.15, 0.2) is 63.7 Å². The number of nitrogens with zero attached hydrogens (tertiary/aromatic N) is 2. The Morgan fingerprint density at radius 1 is 1.22 bits per heavy atom. The molecule has 5 rings (SSSR count). The summed E-state index contributed by atoms with van der Waals surface area (Å²) in [6, 6.07) is 14.3. The molecule has 1 aromatic heterocycles. The molecule has 0 unspecified atom stereocenters. The van der Waals surface area contributed by atoms with E-state index in [1.807, 2.05) is 19.1 Å². The summed E-state index contributed by atoms with van der Waals surface area (Å²) in [6.45, 7) is 1.90. The number of anilines is 1. The van der Waals surface area contributed by atoms with E-state index in [1.165, 1.54) is 17.0 Å². The number of carbonyl (C=O) groups excluding carboxylic acids is 1. The molecule has 9 heteroatoms. The summed E-state index contributed by atoms with van der Waals surface area (Å²) in [5.41, 5.74) is 0.470. The van der Waals surface area contributed by atoms with Gasteiger partial charge in [0.05, 0.1) is 13.2 Å².